The minimum Gasteiger partial charge on any atom is -0.481 e. The predicted molar refractivity (Wildman–Crippen MR) is 92.3 cm³/mol. The zero-order chi connectivity index (χ0) is 20.5. The van der Waals surface area contributed by atoms with Crippen molar-refractivity contribution in [3.8, 4) is 11.3 Å². The Balaban J connectivity index is 1.65. The molecule has 1 N–H and O–H groups in total. The molecule has 1 aromatic carbocycles. The monoisotopic (exact) mass is 396 g/mol. The van der Waals surface area contributed by atoms with E-state index in [0.29, 0.717) is 17.3 Å². The van der Waals surface area contributed by atoms with Gasteiger partial charge in [-0.05, 0) is 13.3 Å². The first-order valence-corrected chi connectivity index (χ1v) is 8.74. The lowest BCUT2D eigenvalue weighted by Gasteiger charge is -2.27. The van der Waals surface area contributed by atoms with Crippen LogP contribution in [0.4, 0.5) is 13.2 Å². The number of amides is 1. The van der Waals surface area contributed by atoms with Gasteiger partial charge in [-0.15, -0.1) is 0 Å². The zero-order valence-electron chi connectivity index (χ0n) is 15.1. The van der Waals surface area contributed by atoms with Gasteiger partial charge in [-0.3, -0.25) is 9.59 Å². The number of halogens is 3. The van der Waals surface area contributed by atoms with Crippen LogP contribution in [0.3, 0.4) is 0 Å². The average Bonchev–Trinajstić information content (AvgIpc) is 3.25. The molecule has 0 bridgehead atoms. The van der Waals surface area contributed by atoms with E-state index in [-0.39, 0.29) is 19.4 Å². The molecule has 0 saturated carbocycles. The fraction of sp³-hybridized carbons (Fsp3) is 0.421. The van der Waals surface area contributed by atoms with Crippen molar-refractivity contribution in [2.45, 2.75) is 32.4 Å². The number of rotatable bonds is 5. The molecule has 1 aliphatic rings. The van der Waals surface area contributed by atoms with Gasteiger partial charge in [0.25, 0.3) is 0 Å². The highest BCUT2D eigenvalue weighted by Crippen LogP contribution is 2.45. The topological polar surface area (TPSA) is 83.6 Å². The van der Waals surface area contributed by atoms with E-state index in [9.17, 15) is 22.8 Å². The van der Waals surface area contributed by atoms with E-state index in [2.05, 4.69) is 4.98 Å². The molecule has 0 aliphatic carbocycles. The van der Waals surface area contributed by atoms with Gasteiger partial charge in [-0.25, -0.2) is 4.98 Å². The second kappa shape index (κ2) is 7.29. The Morgan fingerprint density at radius 1 is 1.29 bits per heavy atom. The number of aryl methyl sites for hydroxylation is 2. The number of likely N-dealkylation sites (tertiary alicyclic amines) is 1. The molecule has 1 saturated heterocycles. The number of aliphatic carboxylic acids is 1. The molecule has 1 unspecified atom stereocenters. The minimum absolute atomic E-state index is 0.109. The van der Waals surface area contributed by atoms with Crippen molar-refractivity contribution >= 4 is 11.9 Å². The number of oxazole rings is 1. The van der Waals surface area contributed by atoms with E-state index in [0.717, 1.165) is 10.5 Å². The maximum atomic E-state index is 13.2. The molecule has 0 spiro atoms. The molecule has 6 nitrogen and oxygen atoms in total. The van der Waals surface area contributed by atoms with Crippen LogP contribution in [-0.4, -0.2) is 46.1 Å². The normalized spacial score (nSPS) is 19.8. The van der Waals surface area contributed by atoms with Crippen molar-refractivity contribution in [1.29, 1.82) is 0 Å². The highest BCUT2D eigenvalue weighted by molar-refractivity contribution is 5.81. The van der Waals surface area contributed by atoms with Crippen molar-refractivity contribution in [3.05, 3.63) is 41.9 Å². The Morgan fingerprint density at radius 2 is 1.96 bits per heavy atom. The molecule has 28 heavy (non-hydrogen) atoms. The lowest BCUT2D eigenvalue weighted by molar-refractivity contribution is -0.227. The van der Waals surface area contributed by atoms with Crippen LogP contribution in [-0.2, 0) is 16.0 Å². The third-order valence-electron chi connectivity index (χ3n) is 5.00. The summed E-state index contributed by atoms with van der Waals surface area (Å²) in [6.45, 7) is 0.650. The zero-order valence-corrected chi connectivity index (χ0v) is 15.1. The van der Waals surface area contributed by atoms with Crippen molar-refractivity contribution in [2.24, 2.45) is 5.41 Å². The first-order valence-electron chi connectivity index (χ1n) is 8.74. The molecule has 9 heteroatoms. The van der Waals surface area contributed by atoms with E-state index in [4.69, 9.17) is 9.52 Å². The molecule has 2 heterocycles. The number of hydrogen-bond donors (Lipinski definition) is 1. The highest BCUT2D eigenvalue weighted by Gasteiger charge is 2.64. The van der Waals surface area contributed by atoms with Gasteiger partial charge in [0.15, 0.2) is 17.1 Å². The smallest absolute Gasteiger partial charge is 0.406 e. The molecule has 1 aliphatic heterocycles. The van der Waals surface area contributed by atoms with Crippen molar-refractivity contribution < 1.29 is 32.3 Å². The average molecular weight is 396 g/mol. The van der Waals surface area contributed by atoms with Gasteiger partial charge in [-0.2, -0.15) is 13.2 Å². The minimum atomic E-state index is -4.92. The first-order chi connectivity index (χ1) is 13.1. The molecule has 0 radical (unpaired) electrons. The summed E-state index contributed by atoms with van der Waals surface area (Å²) in [6.07, 6.45) is -5.55. The van der Waals surface area contributed by atoms with Gasteiger partial charge in [0.1, 0.15) is 0 Å². The fourth-order valence-electron chi connectivity index (χ4n) is 3.34. The fourth-order valence-corrected chi connectivity index (χ4v) is 3.34. The summed E-state index contributed by atoms with van der Waals surface area (Å²) >= 11 is 0. The van der Waals surface area contributed by atoms with Gasteiger partial charge >= 0.3 is 12.1 Å². The van der Waals surface area contributed by atoms with Crippen LogP contribution in [0.25, 0.3) is 11.3 Å². The standard InChI is InChI=1S/C19H19F3N2O4/c1-12-16(13-5-3-2-4-6-13)28-14(23-12)7-8-15(25)24-10-9-18(11-24,17(26)27)19(20,21)22/h2-6H,7-11H2,1H3,(H,26,27). The van der Waals surface area contributed by atoms with E-state index < -0.39 is 36.4 Å². The lowest BCUT2D eigenvalue weighted by Crippen LogP contribution is -2.47. The maximum absolute atomic E-state index is 13.2. The van der Waals surface area contributed by atoms with Crippen molar-refractivity contribution in [1.82, 2.24) is 9.88 Å². The summed E-state index contributed by atoms with van der Waals surface area (Å²) in [5, 5.41) is 9.07. The number of benzene rings is 1. The van der Waals surface area contributed by atoms with Crippen LogP contribution >= 0.6 is 0 Å². The molecular weight excluding hydrogens is 377 g/mol. The summed E-state index contributed by atoms with van der Waals surface area (Å²) in [4.78, 5) is 28.7. The Morgan fingerprint density at radius 3 is 2.54 bits per heavy atom. The number of carboxylic acids is 1. The summed E-state index contributed by atoms with van der Waals surface area (Å²) < 4.78 is 45.3. The molecule has 3 rings (SSSR count). The highest BCUT2D eigenvalue weighted by atomic mass is 19.4. The van der Waals surface area contributed by atoms with Crippen LogP contribution < -0.4 is 0 Å². The maximum Gasteiger partial charge on any atom is 0.406 e. The number of nitrogens with zero attached hydrogens (tertiary/aromatic N) is 2. The Labute approximate surface area is 159 Å². The van der Waals surface area contributed by atoms with Crippen molar-refractivity contribution in [2.75, 3.05) is 13.1 Å². The summed E-state index contributed by atoms with van der Waals surface area (Å²) in [7, 11) is 0. The van der Waals surface area contributed by atoms with Gasteiger partial charge in [0.2, 0.25) is 5.91 Å². The quantitative estimate of drug-likeness (QED) is 0.837. The summed E-state index contributed by atoms with van der Waals surface area (Å²) in [6, 6.07) is 9.28. The van der Waals surface area contributed by atoms with Crippen LogP contribution in [0.1, 0.15) is 24.4 Å². The molecule has 1 aromatic heterocycles. The molecule has 150 valence electrons. The lowest BCUT2D eigenvalue weighted by atomic mass is 9.86. The summed E-state index contributed by atoms with van der Waals surface area (Å²) in [5.74, 6) is -1.62. The molecule has 1 amide bonds. The van der Waals surface area contributed by atoms with E-state index in [1.807, 2.05) is 30.3 Å². The predicted octanol–water partition coefficient (Wildman–Crippen LogP) is 3.45. The van der Waals surface area contributed by atoms with Crippen LogP contribution in [0.2, 0.25) is 0 Å². The number of carbonyl (C=O) groups excluding carboxylic acids is 1. The Bertz CT molecular complexity index is 879. The number of aromatic nitrogens is 1. The third kappa shape index (κ3) is 3.61. The largest absolute Gasteiger partial charge is 0.481 e. The van der Waals surface area contributed by atoms with Crippen LogP contribution in [0, 0.1) is 12.3 Å². The molecule has 1 atom stereocenters. The Hall–Kier alpha value is -2.84. The second-order valence-corrected chi connectivity index (χ2v) is 6.84. The van der Waals surface area contributed by atoms with E-state index in [1.54, 1.807) is 6.92 Å². The Kier molecular flexibility index (Phi) is 5.18. The van der Waals surface area contributed by atoms with Crippen LogP contribution in [0.5, 0.6) is 0 Å². The van der Waals surface area contributed by atoms with Gasteiger partial charge < -0.3 is 14.4 Å². The number of alkyl halides is 3. The molecular formula is C19H19F3N2O4. The van der Waals surface area contributed by atoms with Crippen molar-refractivity contribution in [3.63, 3.8) is 0 Å². The van der Waals surface area contributed by atoms with Crippen LogP contribution in [0.15, 0.2) is 34.7 Å². The summed E-state index contributed by atoms with van der Waals surface area (Å²) in [5.41, 5.74) is -1.42. The SMILES string of the molecule is Cc1nc(CCC(=O)N2CCC(C(=O)O)(C(F)(F)F)C2)oc1-c1ccccc1. The van der Waals surface area contributed by atoms with E-state index >= 15 is 0 Å². The van der Waals surface area contributed by atoms with E-state index in [1.165, 1.54) is 0 Å². The van der Waals surface area contributed by atoms with Gasteiger partial charge in [0.05, 0.1) is 5.69 Å². The van der Waals surface area contributed by atoms with Gasteiger partial charge in [-0.1, -0.05) is 30.3 Å². The third-order valence-corrected chi connectivity index (χ3v) is 5.00. The number of carboxylic acid groups (broad SMARTS) is 1. The first kappa shape index (κ1) is 19.9. The molecule has 2 aromatic rings. The number of hydrogen-bond acceptors (Lipinski definition) is 4. The van der Waals surface area contributed by atoms with Gasteiger partial charge in [0, 0.05) is 31.5 Å². The molecule has 1 fully saturated rings. The second-order valence-electron chi connectivity index (χ2n) is 6.84. The number of carbonyl (C=O) groups is 2.